The van der Waals surface area contributed by atoms with Crippen molar-refractivity contribution in [3.63, 3.8) is 0 Å². The Balaban J connectivity index is 1.48. The number of nitrogens with zero attached hydrogens (tertiary/aromatic N) is 3. The molecule has 2 N–H and O–H groups in total. The van der Waals surface area contributed by atoms with E-state index in [4.69, 9.17) is 11.6 Å². The quantitative estimate of drug-likeness (QED) is 0.845. The summed E-state index contributed by atoms with van der Waals surface area (Å²) in [5.41, 5.74) is 1.63. The lowest BCUT2D eigenvalue weighted by Gasteiger charge is -2.26. The Morgan fingerprint density at radius 2 is 2.22 bits per heavy atom. The molecule has 7 heteroatoms. The van der Waals surface area contributed by atoms with Crippen molar-refractivity contribution >= 4 is 23.3 Å². The zero-order valence-corrected chi connectivity index (χ0v) is 13.8. The van der Waals surface area contributed by atoms with Crippen LogP contribution in [0.15, 0.2) is 30.7 Å². The van der Waals surface area contributed by atoms with Crippen molar-refractivity contribution in [1.29, 1.82) is 0 Å². The van der Waals surface area contributed by atoms with Gasteiger partial charge in [0.1, 0.15) is 5.02 Å². The second kappa shape index (κ2) is 7.00. The van der Waals surface area contributed by atoms with Crippen molar-refractivity contribution in [3.8, 4) is 0 Å². The number of fused-ring (bicyclic) bond motifs is 1. The van der Waals surface area contributed by atoms with E-state index in [9.17, 15) is 4.79 Å². The average molecular weight is 334 g/mol. The van der Waals surface area contributed by atoms with E-state index in [2.05, 4.69) is 39.8 Å². The van der Waals surface area contributed by atoms with Crippen molar-refractivity contribution in [2.45, 2.75) is 32.2 Å². The number of urea groups is 1. The lowest BCUT2D eigenvalue weighted by Crippen LogP contribution is -2.45. The number of halogens is 1. The minimum Gasteiger partial charge on any atom is -0.338 e. The summed E-state index contributed by atoms with van der Waals surface area (Å²) >= 11 is 5.96. The van der Waals surface area contributed by atoms with E-state index >= 15 is 0 Å². The fourth-order valence-electron chi connectivity index (χ4n) is 2.70. The maximum atomic E-state index is 12.0. The Morgan fingerprint density at radius 3 is 3.04 bits per heavy atom. The van der Waals surface area contributed by atoms with Crippen LogP contribution in [0.3, 0.4) is 0 Å². The van der Waals surface area contributed by atoms with Crippen LogP contribution in [0.25, 0.3) is 5.65 Å². The van der Waals surface area contributed by atoms with Crippen LogP contribution in [0.1, 0.15) is 25.3 Å². The number of amides is 2. The molecule has 0 radical (unpaired) electrons. The molecule has 2 atom stereocenters. The van der Waals surface area contributed by atoms with E-state index in [0.717, 1.165) is 18.4 Å². The summed E-state index contributed by atoms with van der Waals surface area (Å²) in [6.45, 7) is 2.70. The molecule has 0 unspecified atom stereocenters. The molecule has 0 aromatic carbocycles. The minimum atomic E-state index is -0.117. The fraction of sp³-hybridized carbons (Fsp3) is 0.438. The van der Waals surface area contributed by atoms with Crippen molar-refractivity contribution in [2.24, 2.45) is 5.92 Å². The Hall–Kier alpha value is -2.08. The molecule has 0 fully saturated rings. The van der Waals surface area contributed by atoms with Gasteiger partial charge in [-0.25, -0.2) is 14.3 Å². The molecule has 2 heterocycles. The molecule has 0 saturated carbocycles. The smallest absolute Gasteiger partial charge is 0.315 e. The van der Waals surface area contributed by atoms with Crippen molar-refractivity contribution in [3.05, 3.63) is 41.3 Å². The Labute approximate surface area is 139 Å². The van der Waals surface area contributed by atoms with E-state index in [1.165, 1.54) is 0 Å². The molecular formula is C16H20ClN5O. The lowest BCUT2D eigenvalue weighted by molar-refractivity contribution is 0.231. The largest absolute Gasteiger partial charge is 0.338 e. The molecule has 3 rings (SSSR count). The van der Waals surface area contributed by atoms with Gasteiger partial charge in [0, 0.05) is 25.0 Å². The first-order valence-electron chi connectivity index (χ1n) is 7.80. The van der Waals surface area contributed by atoms with Gasteiger partial charge in [0.2, 0.25) is 0 Å². The first-order valence-corrected chi connectivity index (χ1v) is 8.18. The van der Waals surface area contributed by atoms with Gasteiger partial charge in [-0.3, -0.25) is 0 Å². The fourth-order valence-corrected chi connectivity index (χ4v) is 2.88. The summed E-state index contributed by atoms with van der Waals surface area (Å²) in [5, 5.41) is 10.6. The van der Waals surface area contributed by atoms with Crippen LogP contribution in [-0.4, -0.2) is 33.2 Å². The summed E-state index contributed by atoms with van der Waals surface area (Å²) in [5.74, 6) is 0.474. The monoisotopic (exact) mass is 333 g/mol. The highest BCUT2D eigenvalue weighted by Gasteiger charge is 2.19. The van der Waals surface area contributed by atoms with E-state index in [1.807, 2.05) is 6.20 Å². The van der Waals surface area contributed by atoms with Crippen LogP contribution in [0, 0.1) is 5.92 Å². The van der Waals surface area contributed by atoms with Crippen LogP contribution in [0.5, 0.6) is 0 Å². The van der Waals surface area contributed by atoms with Gasteiger partial charge in [0.25, 0.3) is 0 Å². The Morgan fingerprint density at radius 1 is 1.39 bits per heavy atom. The molecule has 1 aliphatic carbocycles. The van der Waals surface area contributed by atoms with E-state index in [1.54, 1.807) is 16.9 Å². The summed E-state index contributed by atoms with van der Waals surface area (Å²) in [6, 6.07) is 0.0950. The third kappa shape index (κ3) is 3.82. The molecule has 6 nitrogen and oxygen atoms in total. The molecular weight excluding hydrogens is 314 g/mol. The van der Waals surface area contributed by atoms with Gasteiger partial charge in [0.05, 0.1) is 6.20 Å². The number of hydrogen-bond donors (Lipinski definition) is 2. The van der Waals surface area contributed by atoms with E-state index < -0.39 is 0 Å². The van der Waals surface area contributed by atoms with E-state index in [-0.39, 0.29) is 12.1 Å². The molecule has 0 spiro atoms. The number of nitrogens with one attached hydrogen (secondary N) is 2. The summed E-state index contributed by atoms with van der Waals surface area (Å²) in [6.07, 6.45) is 12.1. The molecule has 1 aliphatic rings. The number of hydrogen-bond acceptors (Lipinski definition) is 3. The third-order valence-corrected chi connectivity index (χ3v) is 4.40. The van der Waals surface area contributed by atoms with Crippen molar-refractivity contribution in [2.75, 3.05) is 6.54 Å². The highest BCUT2D eigenvalue weighted by molar-refractivity contribution is 6.33. The lowest BCUT2D eigenvalue weighted by atomic mass is 9.91. The number of allylic oxidation sites excluding steroid dienone is 1. The van der Waals surface area contributed by atoms with Gasteiger partial charge in [0.15, 0.2) is 5.65 Å². The normalized spacial score (nSPS) is 20.6. The summed E-state index contributed by atoms with van der Waals surface area (Å²) in [4.78, 5) is 16.2. The predicted octanol–water partition coefficient (Wildman–Crippen LogP) is 2.58. The van der Waals surface area contributed by atoms with Crippen LogP contribution < -0.4 is 10.6 Å². The van der Waals surface area contributed by atoms with Crippen LogP contribution >= 0.6 is 11.6 Å². The standard InChI is InChI=1S/C16H20ClN5O/c1-11-4-2-3-5-14(11)21-16(23)18-7-6-12-8-19-15-13(17)9-20-22(15)10-12/h2-3,8-11,14H,4-7H2,1H3,(H2,18,21,23)/t11-,14-/m1/s1. The molecule has 2 aromatic rings. The maximum Gasteiger partial charge on any atom is 0.315 e. The van der Waals surface area contributed by atoms with Crippen LogP contribution in [0.2, 0.25) is 5.02 Å². The zero-order valence-electron chi connectivity index (χ0n) is 13.0. The predicted molar refractivity (Wildman–Crippen MR) is 89.6 cm³/mol. The molecule has 0 saturated heterocycles. The molecule has 0 aliphatic heterocycles. The van der Waals surface area contributed by atoms with Crippen LogP contribution in [-0.2, 0) is 6.42 Å². The van der Waals surface area contributed by atoms with Crippen molar-refractivity contribution in [1.82, 2.24) is 25.2 Å². The molecule has 122 valence electrons. The minimum absolute atomic E-state index is 0.117. The van der Waals surface area contributed by atoms with Gasteiger partial charge < -0.3 is 10.6 Å². The van der Waals surface area contributed by atoms with Gasteiger partial charge in [-0.05, 0) is 30.7 Å². The first-order chi connectivity index (χ1) is 11.1. The second-order valence-electron chi connectivity index (χ2n) is 5.90. The van der Waals surface area contributed by atoms with E-state index in [0.29, 0.717) is 29.6 Å². The van der Waals surface area contributed by atoms with Gasteiger partial charge in [-0.2, -0.15) is 5.10 Å². The zero-order chi connectivity index (χ0) is 16.2. The third-order valence-electron chi connectivity index (χ3n) is 4.13. The highest BCUT2D eigenvalue weighted by atomic mass is 35.5. The summed E-state index contributed by atoms with van der Waals surface area (Å²) < 4.78 is 1.65. The molecule has 2 amide bonds. The second-order valence-corrected chi connectivity index (χ2v) is 6.31. The van der Waals surface area contributed by atoms with Gasteiger partial charge in [-0.1, -0.05) is 30.7 Å². The topological polar surface area (TPSA) is 71.3 Å². The molecule has 23 heavy (non-hydrogen) atoms. The SMILES string of the molecule is C[C@@H]1CC=CC[C@H]1NC(=O)NCCc1cnc2c(Cl)cnn2c1. The Kier molecular flexibility index (Phi) is 4.81. The number of aromatic nitrogens is 3. The van der Waals surface area contributed by atoms with Gasteiger partial charge in [-0.15, -0.1) is 0 Å². The maximum absolute atomic E-state index is 12.0. The summed E-state index contributed by atoms with van der Waals surface area (Å²) in [7, 11) is 0. The highest BCUT2D eigenvalue weighted by Crippen LogP contribution is 2.18. The number of rotatable bonds is 4. The molecule has 0 bridgehead atoms. The van der Waals surface area contributed by atoms with Crippen molar-refractivity contribution < 1.29 is 4.79 Å². The molecule has 2 aromatic heterocycles. The van der Waals surface area contributed by atoms with Gasteiger partial charge >= 0.3 is 6.03 Å². The number of carbonyl (C=O) groups is 1. The number of carbonyl (C=O) groups excluding carboxylic acids is 1. The first kappa shape index (κ1) is 15.8. The Bertz CT molecular complexity index is 726. The van der Waals surface area contributed by atoms with Crippen LogP contribution in [0.4, 0.5) is 4.79 Å². The average Bonchev–Trinajstić information content (AvgIpc) is 2.90.